The molecule has 0 unspecified atom stereocenters. The molecule has 0 atom stereocenters. The third kappa shape index (κ3) is 4.72. The van der Waals surface area contributed by atoms with Crippen molar-refractivity contribution in [3.63, 3.8) is 0 Å². The van der Waals surface area contributed by atoms with Crippen molar-refractivity contribution in [1.29, 1.82) is 0 Å². The quantitative estimate of drug-likeness (QED) is 0.211. The van der Waals surface area contributed by atoms with Gasteiger partial charge in [-0.3, -0.25) is 10.1 Å². The SMILES string of the molecule is COC(=O)/C=C1/S/C(=N\N=Cc2cc(F)c(F)cc2B(O)O)NC1=O. The van der Waals surface area contributed by atoms with E-state index >= 15 is 0 Å². The zero-order valence-electron chi connectivity index (χ0n) is 12.6. The number of hydrogen-bond donors (Lipinski definition) is 3. The number of thioether (sulfide) groups is 1. The van der Waals surface area contributed by atoms with E-state index in [9.17, 15) is 18.4 Å². The van der Waals surface area contributed by atoms with Crippen LogP contribution in [0, 0.1) is 11.6 Å². The molecule has 0 spiro atoms. The first-order chi connectivity index (χ1) is 11.8. The van der Waals surface area contributed by atoms with E-state index in [1.165, 1.54) is 0 Å². The molecule has 1 amide bonds. The molecule has 2 rings (SSSR count). The van der Waals surface area contributed by atoms with Gasteiger partial charge in [0.2, 0.25) is 0 Å². The molecule has 1 aromatic carbocycles. The second-order valence-corrected chi connectivity index (χ2v) is 5.54. The maximum Gasteiger partial charge on any atom is 0.489 e. The average Bonchev–Trinajstić information content (AvgIpc) is 2.89. The van der Waals surface area contributed by atoms with E-state index in [0.717, 1.165) is 37.2 Å². The summed E-state index contributed by atoms with van der Waals surface area (Å²) in [6, 6.07) is 1.34. The molecule has 8 nitrogen and oxygen atoms in total. The van der Waals surface area contributed by atoms with Crippen LogP contribution in [-0.2, 0) is 14.3 Å². The first-order valence-corrected chi connectivity index (χ1v) is 7.38. The van der Waals surface area contributed by atoms with Gasteiger partial charge in [0.25, 0.3) is 5.91 Å². The van der Waals surface area contributed by atoms with Gasteiger partial charge >= 0.3 is 13.1 Å². The fourth-order valence-corrected chi connectivity index (χ4v) is 2.44. The van der Waals surface area contributed by atoms with Crippen LogP contribution in [0.25, 0.3) is 0 Å². The number of carbonyl (C=O) groups excluding carboxylic acids is 2. The number of methoxy groups -OCH3 is 1. The van der Waals surface area contributed by atoms with Gasteiger partial charge in [0.05, 0.1) is 18.2 Å². The minimum Gasteiger partial charge on any atom is -0.466 e. The largest absolute Gasteiger partial charge is 0.489 e. The highest BCUT2D eigenvalue weighted by molar-refractivity contribution is 8.18. The lowest BCUT2D eigenvalue weighted by atomic mass is 9.77. The first kappa shape index (κ1) is 18.8. The third-order valence-electron chi connectivity index (χ3n) is 2.85. The summed E-state index contributed by atoms with van der Waals surface area (Å²) in [4.78, 5) is 22.7. The van der Waals surface area contributed by atoms with Crippen molar-refractivity contribution in [3.05, 3.63) is 40.3 Å². The molecule has 1 saturated heterocycles. The Balaban J connectivity index is 2.20. The molecule has 12 heteroatoms. The fourth-order valence-electron chi connectivity index (χ4n) is 1.70. The Morgan fingerprint density at radius 1 is 1.36 bits per heavy atom. The molecule has 1 fully saturated rings. The van der Waals surface area contributed by atoms with Gasteiger partial charge in [-0.2, -0.15) is 5.10 Å². The van der Waals surface area contributed by atoms with Crippen LogP contribution >= 0.6 is 11.8 Å². The van der Waals surface area contributed by atoms with E-state index in [4.69, 9.17) is 10.0 Å². The van der Waals surface area contributed by atoms with E-state index in [1.807, 2.05) is 0 Å². The van der Waals surface area contributed by atoms with Gasteiger partial charge in [-0.15, -0.1) is 5.10 Å². The summed E-state index contributed by atoms with van der Waals surface area (Å²) >= 11 is 0.817. The molecule has 1 aliphatic heterocycles. The lowest BCUT2D eigenvalue weighted by molar-refractivity contribution is -0.135. The number of esters is 1. The number of rotatable bonds is 4. The number of halogens is 2. The molecule has 130 valence electrons. The molecule has 0 aliphatic carbocycles. The number of nitrogens with zero attached hydrogens (tertiary/aromatic N) is 2. The third-order valence-corrected chi connectivity index (χ3v) is 3.75. The van der Waals surface area contributed by atoms with Crippen LogP contribution in [0.5, 0.6) is 0 Å². The zero-order valence-corrected chi connectivity index (χ0v) is 13.4. The monoisotopic (exact) mass is 369 g/mol. The van der Waals surface area contributed by atoms with Crippen LogP contribution in [0.4, 0.5) is 8.78 Å². The summed E-state index contributed by atoms with van der Waals surface area (Å²) in [7, 11) is -0.884. The van der Waals surface area contributed by atoms with Gasteiger partial charge in [-0.05, 0) is 34.9 Å². The zero-order chi connectivity index (χ0) is 18.6. The number of carbonyl (C=O) groups is 2. The first-order valence-electron chi connectivity index (χ1n) is 6.56. The van der Waals surface area contributed by atoms with Gasteiger partial charge in [-0.25, -0.2) is 13.6 Å². The summed E-state index contributed by atoms with van der Waals surface area (Å²) < 4.78 is 30.8. The second kappa shape index (κ2) is 8.01. The maximum absolute atomic E-state index is 13.3. The van der Waals surface area contributed by atoms with Crippen LogP contribution in [0.15, 0.2) is 33.3 Å². The number of nitrogens with one attached hydrogen (secondary N) is 1. The van der Waals surface area contributed by atoms with Crippen molar-refractivity contribution in [2.75, 3.05) is 7.11 Å². The van der Waals surface area contributed by atoms with Crippen LogP contribution in [-0.4, -0.2) is 47.5 Å². The minimum atomic E-state index is -2.04. The van der Waals surface area contributed by atoms with E-state index < -0.39 is 30.6 Å². The Labute approximate surface area is 144 Å². The predicted octanol–water partition coefficient (Wildman–Crippen LogP) is -0.746. The van der Waals surface area contributed by atoms with E-state index in [1.54, 1.807) is 0 Å². The summed E-state index contributed by atoms with van der Waals surface area (Å²) in [6.45, 7) is 0. The Bertz CT molecular complexity index is 813. The molecule has 0 aromatic heterocycles. The molecule has 1 heterocycles. The topological polar surface area (TPSA) is 121 Å². The minimum absolute atomic E-state index is 0.0325. The Hall–Kier alpha value is -2.57. The maximum atomic E-state index is 13.3. The second-order valence-electron chi connectivity index (χ2n) is 4.51. The smallest absolute Gasteiger partial charge is 0.466 e. The van der Waals surface area contributed by atoms with Crippen molar-refractivity contribution in [2.24, 2.45) is 10.2 Å². The van der Waals surface area contributed by atoms with Crippen LogP contribution in [0.3, 0.4) is 0 Å². The highest BCUT2D eigenvalue weighted by Crippen LogP contribution is 2.23. The van der Waals surface area contributed by atoms with Crippen LogP contribution in [0.1, 0.15) is 5.56 Å². The molecule has 25 heavy (non-hydrogen) atoms. The average molecular weight is 369 g/mol. The van der Waals surface area contributed by atoms with Crippen LogP contribution < -0.4 is 10.8 Å². The number of benzene rings is 1. The summed E-state index contributed by atoms with van der Waals surface area (Å²) in [5, 5.41) is 27.9. The summed E-state index contributed by atoms with van der Waals surface area (Å²) in [5.74, 6) is -3.75. The molecule has 0 radical (unpaired) electrons. The molecule has 0 bridgehead atoms. The van der Waals surface area contributed by atoms with Crippen LogP contribution in [0.2, 0.25) is 0 Å². The number of ether oxygens (including phenoxy) is 1. The van der Waals surface area contributed by atoms with Gasteiger partial charge in [0.1, 0.15) is 0 Å². The van der Waals surface area contributed by atoms with Gasteiger partial charge in [0.15, 0.2) is 16.8 Å². The van der Waals surface area contributed by atoms with Gasteiger partial charge < -0.3 is 14.8 Å². The number of hydrogen-bond acceptors (Lipinski definition) is 8. The lowest BCUT2D eigenvalue weighted by Crippen LogP contribution is -2.33. The Kier molecular flexibility index (Phi) is 6.01. The predicted molar refractivity (Wildman–Crippen MR) is 87.0 cm³/mol. The molecular formula is C13H10BF2N3O5S. The van der Waals surface area contributed by atoms with Gasteiger partial charge in [0, 0.05) is 6.08 Å². The highest BCUT2D eigenvalue weighted by atomic mass is 32.2. The van der Waals surface area contributed by atoms with Crippen molar-refractivity contribution < 1.29 is 33.2 Å². The van der Waals surface area contributed by atoms with Crippen molar-refractivity contribution in [2.45, 2.75) is 0 Å². The Morgan fingerprint density at radius 2 is 2.04 bits per heavy atom. The highest BCUT2D eigenvalue weighted by Gasteiger charge is 2.25. The van der Waals surface area contributed by atoms with E-state index in [2.05, 4.69) is 20.3 Å². The molecular weight excluding hydrogens is 359 g/mol. The molecule has 3 N–H and O–H groups in total. The Morgan fingerprint density at radius 3 is 2.68 bits per heavy atom. The molecule has 1 aliphatic rings. The number of amidine groups is 1. The summed E-state index contributed by atoms with van der Waals surface area (Å²) in [6.07, 6.45) is 1.93. The van der Waals surface area contributed by atoms with Crippen molar-refractivity contribution >= 4 is 47.6 Å². The van der Waals surface area contributed by atoms with Gasteiger partial charge in [-0.1, -0.05) is 0 Å². The molecule has 1 aromatic rings. The standard InChI is InChI=1S/C13H10BF2N3O5S/c1-24-11(20)4-10-12(21)18-13(25-10)19-17-5-6-2-8(15)9(16)3-7(6)14(22)23/h2-5,22-23H,1H3,(H,18,19,21)/b10-4+,17-5?. The van der Waals surface area contributed by atoms with Crippen molar-refractivity contribution in [3.8, 4) is 0 Å². The normalized spacial score (nSPS) is 17.4. The summed E-state index contributed by atoms with van der Waals surface area (Å²) in [5.41, 5.74) is -0.421. The lowest BCUT2D eigenvalue weighted by Gasteiger charge is -2.04. The number of amides is 1. The van der Waals surface area contributed by atoms with Crippen molar-refractivity contribution in [1.82, 2.24) is 5.32 Å². The molecule has 0 saturated carbocycles. The fraction of sp³-hybridized carbons (Fsp3) is 0.0769. The van der Waals surface area contributed by atoms with E-state index in [-0.39, 0.29) is 21.1 Å². The van der Waals surface area contributed by atoms with E-state index in [0.29, 0.717) is 6.07 Å².